The summed E-state index contributed by atoms with van der Waals surface area (Å²) < 4.78 is 22.8. The van der Waals surface area contributed by atoms with Crippen LogP contribution in [0.5, 0.6) is 11.5 Å². The molecule has 0 bridgehead atoms. The van der Waals surface area contributed by atoms with Crippen LogP contribution in [-0.2, 0) is 9.47 Å². The molecule has 10 heteroatoms. The standard InChI is InChI=1S/C20H25N5O5/c1-20(2,3)30-19(26)25-15-9-16(28-5)14(8-13(15)10-23-25)24-18-17(11-21-12-22-18)29-7-6-27-4/h8-12H,6-7H2,1-5H3,(H,21,22,24). The molecule has 3 rings (SSSR count). The second-order valence-electron chi connectivity index (χ2n) is 7.35. The first-order valence-corrected chi connectivity index (χ1v) is 9.30. The average molecular weight is 415 g/mol. The smallest absolute Gasteiger partial charge is 0.435 e. The van der Waals surface area contributed by atoms with Crippen LogP contribution < -0.4 is 14.8 Å². The van der Waals surface area contributed by atoms with Crippen molar-refractivity contribution in [2.75, 3.05) is 32.8 Å². The fourth-order valence-corrected chi connectivity index (χ4v) is 2.65. The molecule has 10 nitrogen and oxygen atoms in total. The number of fused-ring (bicyclic) bond motifs is 1. The zero-order chi connectivity index (χ0) is 21.7. The first-order valence-electron chi connectivity index (χ1n) is 9.30. The lowest BCUT2D eigenvalue weighted by atomic mass is 10.2. The summed E-state index contributed by atoms with van der Waals surface area (Å²) in [5, 5.41) is 8.08. The first kappa shape index (κ1) is 21.3. The van der Waals surface area contributed by atoms with Crippen molar-refractivity contribution < 1.29 is 23.7 Å². The third-order valence-corrected chi connectivity index (χ3v) is 3.93. The summed E-state index contributed by atoms with van der Waals surface area (Å²) in [7, 11) is 3.14. The highest BCUT2D eigenvalue weighted by Crippen LogP contribution is 2.34. The summed E-state index contributed by atoms with van der Waals surface area (Å²) >= 11 is 0. The van der Waals surface area contributed by atoms with Gasteiger partial charge in [0, 0.05) is 18.6 Å². The van der Waals surface area contributed by atoms with Gasteiger partial charge in [0.1, 0.15) is 24.3 Å². The Morgan fingerprint density at radius 1 is 1.13 bits per heavy atom. The Kier molecular flexibility index (Phi) is 6.36. The maximum Gasteiger partial charge on any atom is 0.435 e. The van der Waals surface area contributed by atoms with E-state index in [1.165, 1.54) is 18.1 Å². The van der Waals surface area contributed by atoms with Crippen LogP contribution in [0.25, 0.3) is 10.9 Å². The van der Waals surface area contributed by atoms with E-state index in [9.17, 15) is 4.79 Å². The Balaban J connectivity index is 1.92. The fraction of sp³-hybridized carbons (Fsp3) is 0.400. The lowest BCUT2D eigenvalue weighted by Gasteiger charge is -2.19. The largest absolute Gasteiger partial charge is 0.494 e. The molecule has 1 aromatic carbocycles. The van der Waals surface area contributed by atoms with E-state index < -0.39 is 11.7 Å². The second-order valence-corrected chi connectivity index (χ2v) is 7.35. The van der Waals surface area contributed by atoms with Gasteiger partial charge in [-0.15, -0.1) is 0 Å². The van der Waals surface area contributed by atoms with E-state index >= 15 is 0 Å². The summed E-state index contributed by atoms with van der Waals surface area (Å²) in [6.45, 7) is 6.19. The van der Waals surface area contributed by atoms with Gasteiger partial charge in [0.2, 0.25) is 0 Å². The van der Waals surface area contributed by atoms with E-state index in [-0.39, 0.29) is 0 Å². The molecule has 0 unspecified atom stereocenters. The number of anilines is 2. The van der Waals surface area contributed by atoms with E-state index in [2.05, 4.69) is 20.4 Å². The number of methoxy groups -OCH3 is 2. The average Bonchev–Trinajstić information content (AvgIpc) is 3.10. The number of nitrogens with one attached hydrogen (secondary N) is 1. The highest BCUT2D eigenvalue weighted by molar-refractivity contribution is 5.92. The number of ether oxygens (including phenoxy) is 4. The fourth-order valence-electron chi connectivity index (χ4n) is 2.65. The molecule has 3 aromatic rings. The summed E-state index contributed by atoms with van der Waals surface area (Å²) in [6.07, 6.45) is 4.00. The number of nitrogens with zero attached hydrogens (tertiary/aromatic N) is 4. The summed E-state index contributed by atoms with van der Waals surface area (Å²) in [5.41, 5.74) is 0.558. The molecule has 0 saturated carbocycles. The quantitative estimate of drug-likeness (QED) is 0.581. The van der Waals surface area contributed by atoms with Gasteiger partial charge in [0.15, 0.2) is 11.6 Å². The third kappa shape index (κ3) is 4.95. The molecule has 0 aliphatic heterocycles. The Bertz CT molecular complexity index is 1030. The molecule has 0 amide bonds. The number of hydrogen-bond donors (Lipinski definition) is 1. The molecule has 0 radical (unpaired) electrons. The lowest BCUT2D eigenvalue weighted by Crippen LogP contribution is -2.27. The van der Waals surface area contributed by atoms with Gasteiger partial charge in [-0.3, -0.25) is 0 Å². The predicted molar refractivity (Wildman–Crippen MR) is 111 cm³/mol. The molecule has 2 heterocycles. The highest BCUT2D eigenvalue weighted by atomic mass is 16.6. The molecule has 2 aromatic heterocycles. The van der Waals surface area contributed by atoms with Crippen LogP contribution in [0.4, 0.5) is 16.3 Å². The Morgan fingerprint density at radius 3 is 2.63 bits per heavy atom. The number of hydrogen-bond acceptors (Lipinski definition) is 9. The van der Waals surface area contributed by atoms with Crippen molar-refractivity contribution in [3.63, 3.8) is 0 Å². The number of rotatable bonds is 7. The Morgan fingerprint density at radius 2 is 1.93 bits per heavy atom. The highest BCUT2D eigenvalue weighted by Gasteiger charge is 2.21. The molecule has 160 valence electrons. The van der Waals surface area contributed by atoms with Crippen molar-refractivity contribution in [1.82, 2.24) is 19.7 Å². The van der Waals surface area contributed by atoms with Crippen LogP contribution in [0, 0.1) is 0 Å². The van der Waals surface area contributed by atoms with Gasteiger partial charge in [-0.1, -0.05) is 0 Å². The molecular weight excluding hydrogens is 390 g/mol. The monoisotopic (exact) mass is 415 g/mol. The molecule has 0 saturated heterocycles. The zero-order valence-electron chi connectivity index (χ0n) is 17.6. The molecule has 0 fully saturated rings. The minimum absolute atomic E-state index is 0.359. The number of carbonyl (C=O) groups is 1. The van der Waals surface area contributed by atoms with Crippen LogP contribution in [-0.4, -0.2) is 58.9 Å². The molecule has 30 heavy (non-hydrogen) atoms. The SMILES string of the molecule is COCCOc1cncnc1Nc1cc2cnn(C(=O)OC(C)(C)C)c2cc1OC. The third-order valence-electron chi connectivity index (χ3n) is 3.93. The molecule has 0 aliphatic carbocycles. The van der Waals surface area contributed by atoms with Gasteiger partial charge >= 0.3 is 6.09 Å². The Hall–Kier alpha value is -3.40. The number of benzene rings is 1. The molecule has 1 N–H and O–H groups in total. The van der Waals surface area contributed by atoms with Crippen molar-refractivity contribution in [3.8, 4) is 11.5 Å². The number of aromatic nitrogens is 4. The minimum atomic E-state index is -0.632. The van der Waals surface area contributed by atoms with Crippen LogP contribution in [0.15, 0.2) is 30.9 Å². The van der Waals surface area contributed by atoms with Crippen molar-refractivity contribution in [2.24, 2.45) is 0 Å². The molecule has 0 aliphatic rings. The van der Waals surface area contributed by atoms with Crippen molar-refractivity contribution in [3.05, 3.63) is 30.9 Å². The van der Waals surface area contributed by atoms with E-state index in [1.54, 1.807) is 46.3 Å². The zero-order valence-corrected chi connectivity index (χ0v) is 17.6. The van der Waals surface area contributed by atoms with Gasteiger partial charge in [-0.05, 0) is 26.8 Å². The normalized spacial score (nSPS) is 11.4. The summed E-state index contributed by atoms with van der Waals surface area (Å²) in [5.74, 6) is 1.44. The maximum absolute atomic E-state index is 12.5. The minimum Gasteiger partial charge on any atom is -0.494 e. The predicted octanol–water partition coefficient (Wildman–Crippen LogP) is 3.39. The van der Waals surface area contributed by atoms with Crippen LogP contribution >= 0.6 is 0 Å². The molecule has 0 spiro atoms. The summed E-state index contributed by atoms with van der Waals surface area (Å²) in [6, 6.07) is 3.52. The topological polar surface area (TPSA) is 110 Å². The van der Waals surface area contributed by atoms with Crippen molar-refractivity contribution in [1.29, 1.82) is 0 Å². The van der Waals surface area contributed by atoms with E-state index in [1.807, 2.05) is 6.07 Å². The van der Waals surface area contributed by atoms with Crippen molar-refractivity contribution >= 4 is 28.5 Å². The maximum atomic E-state index is 12.5. The van der Waals surface area contributed by atoms with Gasteiger partial charge in [0.05, 0.1) is 37.3 Å². The van der Waals surface area contributed by atoms with Gasteiger partial charge in [-0.25, -0.2) is 14.8 Å². The van der Waals surface area contributed by atoms with Crippen LogP contribution in [0.3, 0.4) is 0 Å². The second kappa shape index (κ2) is 8.95. The van der Waals surface area contributed by atoms with Gasteiger partial charge < -0.3 is 24.3 Å². The molecule has 0 atom stereocenters. The van der Waals surface area contributed by atoms with E-state index in [0.717, 1.165) is 5.39 Å². The summed E-state index contributed by atoms with van der Waals surface area (Å²) in [4.78, 5) is 20.7. The Labute approximate surface area is 174 Å². The first-order chi connectivity index (χ1) is 14.3. The molecular formula is C20H25N5O5. The number of carbonyl (C=O) groups excluding carboxylic acids is 1. The van der Waals surface area contributed by atoms with Crippen LogP contribution in [0.2, 0.25) is 0 Å². The van der Waals surface area contributed by atoms with E-state index in [4.69, 9.17) is 18.9 Å². The van der Waals surface area contributed by atoms with Crippen molar-refractivity contribution in [2.45, 2.75) is 26.4 Å². The van der Waals surface area contributed by atoms with E-state index in [0.29, 0.717) is 41.7 Å². The van der Waals surface area contributed by atoms with Crippen LogP contribution in [0.1, 0.15) is 20.8 Å². The lowest BCUT2D eigenvalue weighted by molar-refractivity contribution is 0.0522. The van der Waals surface area contributed by atoms with Gasteiger partial charge in [-0.2, -0.15) is 9.78 Å². The van der Waals surface area contributed by atoms with Gasteiger partial charge in [0.25, 0.3) is 0 Å².